The van der Waals surface area contributed by atoms with E-state index in [0.29, 0.717) is 12.6 Å². The van der Waals surface area contributed by atoms with Crippen molar-refractivity contribution < 1.29 is 4.74 Å². The lowest BCUT2D eigenvalue weighted by atomic mass is 10.5. The molecule has 0 N–H and O–H groups in total. The van der Waals surface area contributed by atoms with Crippen LogP contribution in [-0.2, 0) is 4.74 Å². The average molecular weight is 148 g/mol. The third-order valence-electron chi connectivity index (χ3n) is 0.659. The molecule has 0 fully saturated rings. The van der Waals surface area contributed by atoms with E-state index in [9.17, 15) is 0 Å². The van der Waals surface area contributed by atoms with Gasteiger partial charge in [0.25, 0.3) is 0 Å². The fraction of sp³-hybridized carbons (Fsp3) is 0.500. The number of hydrogen-bond donors (Lipinski definition) is 0. The van der Waals surface area contributed by atoms with Crippen molar-refractivity contribution in [3.8, 4) is 0 Å². The van der Waals surface area contributed by atoms with Gasteiger partial charge in [0, 0.05) is 13.3 Å². The molecule has 0 aromatic heterocycles. The third kappa shape index (κ3) is 7.66. The van der Waals surface area contributed by atoms with E-state index in [4.69, 9.17) is 16.3 Å². The van der Waals surface area contributed by atoms with Crippen molar-refractivity contribution in [3.05, 3.63) is 12.2 Å². The highest BCUT2D eigenvalue weighted by Gasteiger charge is 1.67. The number of nitrogens with zero attached hydrogens (tertiary/aromatic N) is 1. The molecule has 0 radical (unpaired) electrons. The number of aliphatic imine (C=N–C) groups is 1. The Balaban J connectivity index is 3.13. The summed E-state index contributed by atoms with van der Waals surface area (Å²) < 4.78 is 4.74. The Kier molecular flexibility index (Phi) is 7.37. The second kappa shape index (κ2) is 7.66. The quantitative estimate of drug-likeness (QED) is 0.335. The van der Waals surface area contributed by atoms with Gasteiger partial charge in [-0.1, -0.05) is 6.08 Å². The van der Waals surface area contributed by atoms with Gasteiger partial charge in [0.1, 0.15) is 6.00 Å². The maximum absolute atomic E-state index is 5.25. The molecule has 0 atom stereocenters. The van der Waals surface area contributed by atoms with E-state index >= 15 is 0 Å². The average Bonchev–Trinajstić information content (AvgIpc) is 1.89. The van der Waals surface area contributed by atoms with Crippen LogP contribution in [0.25, 0.3) is 0 Å². The zero-order chi connectivity index (χ0) is 6.95. The maximum atomic E-state index is 5.25. The molecule has 0 aliphatic carbocycles. The van der Waals surface area contributed by atoms with Gasteiger partial charge in [-0.3, -0.25) is 4.99 Å². The molecule has 0 amide bonds. The van der Waals surface area contributed by atoms with Gasteiger partial charge in [0.15, 0.2) is 0 Å². The molecule has 0 aromatic carbocycles. The van der Waals surface area contributed by atoms with Crippen LogP contribution in [0.2, 0.25) is 0 Å². The molecule has 52 valence electrons. The van der Waals surface area contributed by atoms with Gasteiger partial charge >= 0.3 is 0 Å². The summed E-state index contributed by atoms with van der Waals surface area (Å²) in [7, 11) is 1.64. The zero-order valence-corrected chi connectivity index (χ0v) is 6.14. The van der Waals surface area contributed by atoms with Crippen molar-refractivity contribution >= 4 is 17.8 Å². The predicted octanol–water partition coefficient (Wildman–Crippen LogP) is 1.46. The van der Waals surface area contributed by atoms with E-state index in [1.54, 1.807) is 19.4 Å². The van der Waals surface area contributed by atoms with Gasteiger partial charge in [0.05, 0.1) is 6.61 Å². The summed E-state index contributed by atoms with van der Waals surface area (Å²) in [5.74, 6) is 0. The molecular weight excluding hydrogens is 138 g/mol. The minimum absolute atomic E-state index is 0.317. The minimum atomic E-state index is 0.317. The van der Waals surface area contributed by atoms with Crippen LogP contribution in [0.15, 0.2) is 17.1 Å². The number of alkyl halides is 1. The molecule has 0 aliphatic heterocycles. The maximum Gasteiger partial charge on any atom is 0.113 e. The summed E-state index contributed by atoms with van der Waals surface area (Å²) in [5.41, 5.74) is 0. The lowest BCUT2D eigenvalue weighted by molar-refractivity contribution is 0.234. The van der Waals surface area contributed by atoms with Gasteiger partial charge in [-0.25, -0.2) is 0 Å². The van der Waals surface area contributed by atoms with Gasteiger partial charge in [0.2, 0.25) is 0 Å². The van der Waals surface area contributed by atoms with Gasteiger partial charge in [-0.05, 0) is 6.08 Å². The van der Waals surface area contributed by atoms with Crippen molar-refractivity contribution in [1.82, 2.24) is 0 Å². The highest BCUT2D eigenvalue weighted by molar-refractivity contribution is 6.18. The highest BCUT2D eigenvalue weighted by atomic mass is 35.5. The van der Waals surface area contributed by atoms with E-state index in [-0.39, 0.29) is 0 Å². The van der Waals surface area contributed by atoms with E-state index in [1.165, 1.54) is 0 Å². The van der Waals surface area contributed by atoms with Crippen LogP contribution in [0.3, 0.4) is 0 Å². The first-order chi connectivity index (χ1) is 4.41. The molecule has 0 bridgehead atoms. The summed E-state index contributed by atoms with van der Waals surface area (Å²) in [6, 6.07) is 0.317. The Morgan fingerprint density at radius 3 is 3.00 bits per heavy atom. The van der Waals surface area contributed by atoms with Crippen molar-refractivity contribution in [2.75, 3.05) is 19.7 Å². The van der Waals surface area contributed by atoms with Crippen LogP contribution in [0.4, 0.5) is 0 Å². The van der Waals surface area contributed by atoms with E-state index in [2.05, 4.69) is 4.99 Å². The van der Waals surface area contributed by atoms with Gasteiger partial charge in [-0.2, -0.15) is 0 Å². The SMILES string of the molecule is COC/C=C/C=N/CCl. The van der Waals surface area contributed by atoms with Crippen LogP contribution < -0.4 is 0 Å². The lowest BCUT2D eigenvalue weighted by Crippen LogP contribution is -1.80. The molecule has 2 nitrogen and oxygen atoms in total. The second-order valence-corrected chi connectivity index (χ2v) is 1.57. The van der Waals surface area contributed by atoms with Gasteiger partial charge < -0.3 is 4.74 Å². The molecule has 0 rings (SSSR count). The van der Waals surface area contributed by atoms with E-state index < -0.39 is 0 Å². The number of allylic oxidation sites excluding steroid dienone is 1. The molecule has 0 saturated carbocycles. The molecular formula is C6H10ClNO. The number of ether oxygens (including phenoxy) is 1. The Bertz CT molecular complexity index is 101. The highest BCUT2D eigenvalue weighted by Crippen LogP contribution is 1.75. The lowest BCUT2D eigenvalue weighted by Gasteiger charge is -1.83. The van der Waals surface area contributed by atoms with Gasteiger partial charge in [-0.15, -0.1) is 11.6 Å². The Labute approximate surface area is 60.2 Å². The monoisotopic (exact) mass is 147 g/mol. The first-order valence-corrected chi connectivity index (χ1v) is 3.15. The number of hydrogen-bond acceptors (Lipinski definition) is 2. The van der Waals surface area contributed by atoms with E-state index in [0.717, 1.165) is 0 Å². The fourth-order valence-electron chi connectivity index (χ4n) is 0.313. The molecule has 9 heavy (non-hydrogen) atoms. The Morgan fingerprint density at radius 2 is 2.44 bits per heavy atom. The van der Waals surface area contributed by atoms with Crippen molar-refractivity contribution in [3.63, 3.8) is 0 Å². The first kappa shape index (κ1) is 8.66. The Morgan fingerprint density at radius 1 is 1.67 bits per heavy atom. The molecule has 0 spiro atoms. The summed E-state index contributed by atoms with van der Waals surface area (Å²) in [4.78, 5) is 3.74. The van der Waals surface area contributed by atoms with Crippen LogP contribution in [0, 0.1) is 0 Å². The van der Waals surface area contributed by atoms with Crippen LogP contribution in [0.1, 0.15) is 0 Å². The summed E-state index contributed by atoms with van der Waals surface area (Å²) in [5, 5.41) is 0. The zero-order valence-electron chi connectivity index (χ0n) is 5.38. The molecule has 0 aliphatic rings. The molecule has 0 saturated heterocycles. The molecule has 3 heteroatoms. The topological polar surface area (TPSA) is 21.6 Å². The molecule has 0 heterocycles. The van der Waals surface area contributed by atoms with Crippen molar-refractivity contribution in [2.24, 2.45) is 4.99 Å². The van der Waals surface area contributed by atoms with Crippen LogP contribution >= 0.6 is 11.6 Å². The number of halogens is 1. The second-order valence-electron chi connectivity index (χ2n) is 1.33. The third-order valence-corrected chi connectivity index (χ3v) is 0.797. The standard InChI is InChI=1S/C6H10ClNO/c1-9-5-3-2-4-8-6-7/h2-4H,5-6H2,1H3/b3-2+,8-4+. The first-order valence-electron chi connectivity index (χ1n) is 2.61. The van der Waals surface area contributed by atoms with Crippen LogP contribution in [-0.4, -0.2) is 25.9 Å². The Hall–Kier alpha value is -0.340. The van der Waals surface area contributed by atoms with E-state index in [1.807, 2.05) is 6.08 Å². The van der Waals surface area contributed by atoms with Crippen molar-refractivity contribution in [2.45, 2.75) is 0 Å². The summed E-state index contributed by atoms with van der Waals surface area (Å²) in [6.07, 6.45) is 5.30. The predicted molar refractivity (Wildman–Crippen MR) is 40.2 cm³/mol. The smallest absolute Gasteiger partial charge is 0.113 e. The summed E-state index contributed by atoms with van der Waals surface area (Å²) >= 11 is 5.25. The van der Waals surface area contributed by atoms with Crippen LogP contribution in [0.5, 0.6) is 0 Å². The number of rotatable bonds is 4. The largest absolute Gasteiger partial charge is 0.381 e. The normalized spacial score (nSPS) is 11.8. The molecule has 0 unspecified atom stereocenters. The fourth-order valence-corrected chi connectivity index (χ4v) is 0.393. The van der Waals surface area contributed by atoms with Crippen molar-refractivity contribution in [1.29, 1.82) is 0 Å². The summed E-state index contributed by atoms with van der Waals surface area (Å²) in [6.45, 7) is 0.619. The number of methoxy groups -OCH3 is 1. The minimum Gasteiger partial charge on any atom is -0.381 e. The molecule has 0 aromatic rings.